The third-order valence-corrected chi connectivity index (χ3v) is 6.67. The van der Waals surface area contributed by atoms with Crippen molar-refractivity contribution < 1.29 is 13.2 Å². The quantitative estimate of drug-likeness (QED) is 0.712. The zero-order chi connectivity index (χ0) is 20.0. The van der Waals surface area contributed by atoms with Crippen LogP contribution in [0.1, 0.15) is 19.3 Å². The second kappa shape index (κ2) is 9.14. The minimum atomic E-state index is -3.71. The number of carbonyl (C=O) groups excluding carboxylic acids is 1. The minimum Gasteiger partial charge on any atom is -0.326 e. The molecule has 148 valence electrons. The van der Waals surface area contributed by atoms with Crippen molar-refractivity contribution in [2.45, 2.75) is 24.2 Å². The van der Waals surface area contributed by atoms with Gasteiger partial charge in [-0.2, -0.15) is 5.26 Å². The number of piperidine rings is 1. The van der Waals surface area contributed by atoms with E-state index in [0.29, 0.717) is 30.3 Å². The summed E-state index contributed by atoms with van der Waals surface area (Å²) in [5.41, 5.74) is 0.548. The molecule has 1 fully saturated rings. The molecule has 1 aromatic heterocycles. The highest BCUT2D eigenvalue weighted by atomic mass is 32.2. The van der Waals surface area contributed by atoms with Crippen LogP contribution in [-0.4, -0.2) is 43.8 Å². The Hall–Kier alpha value is -2.48. The van der Waals surface area contributed by atoms with Crippen molar-refractivity contribution in [3.8, 4) is 6.07 Å². The first-order valence-corrected chi connectivity index (χ1v) is 11.3. The SMILES string of the molecule is N#CCCN1CCCC(C(=O)Nc2ccc(S(=O)(=O)Nc3nccs3)cc2)C1. The molecule has 0 spiro atoms. The lowest BCUT2D eigenvalue weighted by molar-refractivity contribution is -0.121. The summed E-state index contributed by atoms with van der Waals surface area (Å²) in [6.45, 7) is 2.22. The standard InChI is InChI=1S/C18H21N5O3S2/c19-8-2-11-23-10-1-3-14(13-23)17(24)21-15-4-6-16(7-5-15)28(25,26)22-18-20-9-12-27-18/h4-7,9,12,14H,1-3,10-11,13H2,(H,20,22)(H,21,24). The average molecular weight is 420 g/mol. The van der Waals surface area contributed by atoms with Crippen LogP contribution in [0.5, 0.6) is 0 Å². The molecule has 10 heteroatoms. The Labute approximate surface area is 168 Å². The normalized spacial score (nSPS) is 17.6. The van der Waals surface area contributed by atoms with Crippen LogP contribution < -0.4 is 10.0 Å². The lowest BCUT2D eigenvalue weighted by Gasteiger charge is -2.31. The Balaban J connectivity index is 1.59. The van der Waals surface area contributed by atoms with Gasteiger partial charge in [0, 0.05) is 36.8 Å². The van der Waals surface area contributed by atoms with Gasteiger partial charge in [0.1, 0.15) is 0 Å². The Kier molecular flexibility index (Phi) is 6.61. The minimum absolute atomic E-state index is 0.0850. The van der Waals surface area contributed by atoms with E-state index in [1.165, 1.54) is 29.7 Å². The fraction of sp³-hybridized carbons (Fsp3) is 0.389. The molecule has 0 radical (unpaired) electrons. The van der Waals surface area contributed by atoms with Crippen LogP contribution in [-0.2, 0) is 14.8 Å². The summed E-state index contributed by atoms with van der Waals surface area (Å²) in [6, 6.07) is 8.18. The highest BCUT2D eigenvalue weighted by Gasteiger charge is 2.25. The number of sulfonamides is 1. The molecule has 1 aliphatic rings. The maximum atomic E-state index is 12.5. The highest BCUT2D eigenvalue weighted by molar-refractivity contribution is 7.93. The third-order valence-electron chi connectivity index (χ3n) is 4.50. The molecule has 1 saturated heterocycles. The van der Waals surface area contributed by atoms with Crippen LogP contribution in [0, 0.1) is 17.2 Å². The van der Waals surface area contributed by atoms with Gasteiger partial charge in [0.25, 0.3) is 10.0 Å². The fourth-order valence-corrected chi connectivity index (χ4v) is 4.88. The van der Waals surface area contributed by atoms with E-state index in [1.807, 2.05) is 0 Å². The number of nitrogens with one attached hydrogen (secondary N) is 2. The number of hydrogen-bond acceptors (Lipinski definition) is 7. The Morgan fingerprint density at radius 3 is 2.82 bits per heavy atom. The van der Waals surface area contributed by atoms with Crippen molar-refractivity contribution in [2.24, 2.45) is 5.92 Å². The molecule has 8 nitrogen and oxygen atoms in total. The van der Waals surface area contributed by atoms with Crippen molar-refractivity contribution >= 4 is 38.1 Å². The Morgan fingerprint density at radius 1 is 1.36 bits per heavy atom. The lowest BCUT2D eigenvalue weighted by Crippen LogP contribution is -2.41. The number of amides is 1. The number of rotatable bonds is 7. The first-order valence-electron chi connectivity index (χ1n) is 8.90. The first-order chi connectivity index (χ1) is 13.5. The predicted molar refractivity (Wildman–Crippen MR) is 107 cm³/mol. The molecule has 1 unspecified atom stereocenters. The first kappa shape index (κ1) is 20.3. The van der Waals surface area contributed by atoms with Crippen LogP contribution in [0.4, 0.5) is 10.8 Å². The fourth-order valence-electron chi connectivity index (χ4n) is 3.09. The van der Waals surface area contributed by atoms with Gasteiger partial charge in [0.2, 0.25) is 5.91 Å². The molecule has 1 amide bonds. The van der Waals surface area contributed by atoms with Crippen LogP contribution >= 0.6 is 11.3 Å². The van der Waals surface area contributed by atoms with E-state index in [0.717, 1.165) is 19.4 Å². The summed E-state index contributed by atoms with van der Waals surface area (Å²) in [7, 11) is -3.71. The molecule has 28 heavy (non-hydrogen) atoms. The van der Waals surface area contributed by atoms with Gasteiger partial charge < -0.3 is 10.2 Å². The van der Waals surface area contributed by atoms with Gasteiger partial charge in [-0.3, -0.25) is 9.52 Å². The molecule has 3 rings (SSSR count). The van der Waals surface area contributed by atoms with E-state index in [1.54, 1.807) is 17.5 Å². The van der Waals surface area contributed by atoms with Gasteiger partial charge in [-0.15, -0.1) is 11.3 Å². The second-order valence-corrected chi connectivity index (χ2v) is 9.08. The van der Waals surface area contributed by atoms with Crippen LogP contribution in [0.2, 0.25) is 0 Å². The van der Waals surface area contributed by atoms with Gasteiger partial charge >= 0.3 is 0 Å². The molecular formula is C18H21N5O3S2. The van der Waals surface area contributed by atoms with Crippen LogP contribution in [0.15, 0.2) is 40.7 Å². The molecule has 0 bridgehead atoms. The Bertz CT molecular complexity index is 937. The average Bonchev–Trinajstić information content (AvgIpc) is 3.19. The smallest absolute Gasteiger partial charge is 0.263 e. The number of likely N-dealkylation sites (tertiary alicyclic amines) is 1. The topological polar surface area (TPSA) is 115 Å². The zero-order valence-corrected chi connectivity index (χ0v) is 16.8. The van der Waals surface area contributed by atoms with E-state index in [9.17, 15) is 13.2 Å². The van der Waals surface area contributed by atoms with Gasteiger partial charge in [-0.05, 0) is 43.7 Å². The monoisotopic (exact) mass is 419 g/mol. The maximum Gasteiger partial charge on any atom is 0.263 e. The van der Waals surface area contributed by atoms with E-state index < -0.39 is 10.0 Å². The summed E-state index contributed by atoms with van der Waals surface area (Å²) >= 11 is 1.20. The summed E-state index contributed by atoms with van der Waals surface area (Å²) in [4.78, 5) is 18.7. The summed E-state index contributed by atoms with van der Waals surface area (Å²) < 4.78 is 27.1. The van der Waals surface area contributed by atoms with Crippen molar-refractivity contribution in [1.82, 2.24) is 9.88 Å². The number of carbonyl (C=O) groups is 1. The highest BCUT2D eigenvalue weighted by Crippen LogP contribution is 2.22. The van der Waals surface area contributed by atoms with Gasteiger partial charge in [0.15, 0.2) is 5.13 Å². The molecule has 2 N–H and O–H groups in total. The number of nitrogens with zero attached hydrogens (tertiary/aromatic N) is 3. The van der Waals surface area contributed by atoms with Crippen molar-refractivity contribution in [2.75, 3.05) is 29.7 Å². The van der Waals surface area contributed by atoms with E-state index in [2.05, 4.69) is 26.0 Å². The van der Waals surface area contributed by atoms with Gasteiger partial charge in [-0.1, -0.05) is 0 Å². The molecule has 0 aliphatic carbocycles. The van der Waals surface area contributed by atoms with Crippen molar-refractivity contribution in [3.05, 3.63) is 35.8 Å². The molecule has 2 aromatic rings. The third kappa shape index (κ3) is 5.28. The second-order valence-electron chi connectivity index (χ2n) is 6.50. The molecule has 2 heterocycles. The number of anilines is 2. The lowest BCUT2D eigenvalue weighted by atomic mass is 9.97. The Morgan fingerprint density at radius 2 is 2.14 bits per heavy atom. The van der Waals surface area contributed by atoms with Crippen molar-refractivity contribution in [3.63, 3.8) is 0 Å². The molecule has 1 aromatic carbocycles. The van der Waals surface area contributed by atoms with Gasteiger partial charge in [-0.25, -0.2) is 13.4 Å². The molecule has 0 saturated carbocycles. The number of benzene rings is 1. The summed E-state index contributed by atoms with van der Waals surface area (Å²) in [5.74, 6) is -0.222. The number of hydrogen-bond donors (Lipinski definition) is 2. The van der Waals surface area contributed by atoms with Gasteiger partial charge in [0.05, 0.1) is 16.9 Å². The molecule has 1 atom stereocenters. The molecular weight excluding hydrogens is 398 g/mol. The van der Waals surface area contributed by atoms with Crippen molar-refractivity contribution in [1.29, 1.82) is 5.26 Å². The number of nitriles is 1. The van der Waals surface area contributed by atoms with Crippen LogP contribution in [0.25, 0.3) is 0 Å². The van der Waals surface area contributed by atoms with E-state index in [-0.39, 0.29) is 16.7 Å². The predicted octanol–water partition coefficient (Wildman–Crippen LogP) is 2.51. The zero-order valence-electron chi connectivity index (χ0n) is 15.2. The molecule has 1 aliphatic heterocycles. The summed E-state index contributed by atoms with van der Waals surface area (Å²) in [6.07, 6.45) is 3.70. The van der Waals surface area contributed by atoms with E-state index >= 15 is 0 Å². The largest absolute Gasteiger partial charge is 0.326 e. The summed E-state index contributed by atoms with van der Waals surface area (Å²) in [5, 5.41) is 13.6. The maximum absolute atomic E-state index is 12.5. The number of aromatic nitrogens is 1. The number of thiazole rings is 1. The van der Waals surface area contributed by atoms with E-state index in [4.69, 9.17) is 5.26 Å². The van der Waals surface area contributed by atoms with Crippen LogP contribution in [0.3, 0.4) is 0 Å².